The number of fused-ring (bicyclic) bond motifs is 1. The Hall–Kier alpha value is -1.94. The molecular formula is C14H13NO3. The van der Waals surface area contributed by atoms with E-state index in [0.29, 0.717) is 0 Å². The van der Waals surface area contributed by atoms with E-state index in [1.807, 2.05) is 18.2 Å². The summed E-state index contributed by atoms with van der Waals surface area (Å²) in [6.45, 7) is 0.805. The molecule has 0 radical (unpaired) electrons. The fraction of sp³-hybridized carbons (Fsp3) is 0.286. The first kappa shape index (κ1) is 11.2. The minimum Gasteiger partial charge on any atom is -0.477 e. The third-order valence-corrected chi connectivity index (χ3v) is 3.27. The van der Waals surface area contributed by atoms with Gasteiger partial charge in [0.15, 0.2) is 0 Å². The third-order valence-electron chi connectivity index (χ3n) is 3.27. The molecule has 18 heavy (non-hydrogen) atoms. The molecule has 2 aromatic rings. The first-order chi connectivity index (χ1) is 8.74. The molecule has 1 aliphatic rings. The van der Waals surface area contributed by atoms with E-state index in [1.165, 1.54) is 0 Å². The summed E-state index contributed by atoms with van der Waals surface area (Å²) in [5.41, 5.74) is 1.19. The number of pyridine rings is 1. The monoisotopic (exact) mass is 243 g/mol. The van der Waals surface area contributed by atoms with Crippen molar-refractivity contribution in [1.82, 2.24) is 4.98 Å². The smallest absolute Gasteiger partial charge is 0.354 e. The Bertz CT molecular complexity index is 603. The number of aromatic carboxylic acids is 1. The highest BCUT2D eigenvalue weighted by molar-refractivity contribution is 5.92. The highest BCUT2D eigenvalue weighted by Crippen LogP contribution is 2.30. The van der Waals surface area contributed by atoms with Gasteiger partial charge in [-0.15, -0.1) is 0 Å². The Labute approximate surface area is 104 Å². The van der Waals surface area contributed by atoms with E-state index in [0.717, 1.165) is 35.8 Å². The summed E-state index contributed by atoms with van der Waals surface area (Å²) in [6.07, 6.45) is 3.86. The first-order valence-electron chi connectivity index (χ1n) is 5.98. The van der Waals surface area contributed by atoms with E-state index in [-0.39, 0.29) is 11.8 Å². The maximum absolute atomic E-state index is 10.9. The van der Waals surface area contributed by atoms with Gasteiger partial charge in [0.1, 0.15) is 5.69 Å². The Kier molecular flexibility index (Phi) is 2.72. The van der Waals surface area contributed by atoms with Crippen LogP contribution in [0.2, 0.25) is 0 Å². The van der Waals surface area contributed by atoms with Gasteiger partial charge in [-0.25, -0.2) is 9.78 Å². The van der Waals surface area contributed by atoms with Crippen LogP contribution >= 0.6 is 0 Å². The van der Waals surface area contributed by atoms with Crippen molar-refractivity contribution < 1.29 is 14.6 Å². The summed E-state index contributed by atoms with van der Waals surface area (Å²) in [5, 5.41) is 10.8. The molecule has 0 bridgehead atoms. The predicted molar refractivity (Wildman–Crippen MR) is 66.6 cm³/mol. The highest BCUT2D eigenvalue weighted by Gasteiger charge is 2.18. The van der Waals surface area contributed by atoms with Gasteiger partial charge in [-0.3, -0.25) is 0 Å². The van der Waals surface area contributed by atoms with Gasteiger partial charge in [0.2, 0.25) is 0 Å². The summed E-state index contributed by atoms with van der Waals surface area (Å²) < 4.78 is 5.63. The van der Waals surface area contributed by atoms with Crippen LogP contribution in [0.1, 0.15) is 35.0 Å². The molecule has 1 aromatic carbocycles. The molecule has 0 saturated carbocycles. The largest absolute Gasteiger partial charge is 0.477 e. The van der Waals surface area contributed by atoms with Crippen molar-refractivity contribution in [1.29, 1.82) is 0 Å². The maximum atomic E-state index is 10.9. The molecule has 1 N–H and O–H groups in total. The SMILES string of the molecule is O=C(O)c1cc2cc(C3CCCO3)ccc2cn1. The molecule has 92 valence electrons. The second-order valence-electron chi connectivity index (χ2n) is 4.48. The maximum Gasteiger partial charge on any atom is 0.354 e. The fourth-order valence-electron chi connectivity index (χ4n) is 2.32. The zero-order chi connectivity index (χ0) is 12.5. The first-order valence-corrected chi connectivity index (χ1v) is 5.98. The van der Waals surface area contributed by atoms with Gasteiger partial charge in [-0.2, -0.15) is 0 Å². The molecule has 1 atom stereocenters. The standard InChI is InChI=1S/C14H13NO3/c16-14(17)12-7-11-6-9(13-2-1-5-18-13)3-4-10(11)8-15-12/h3-4,6-8,13H,1-2,5H2,(H,16,17). The normalized spacial score (nSPS) is 19.2. The lowest BCUT2D eigenvalue weighted by Gasteiger charge is -2.10. The van der Waals surface area contributed by atoms with Crippen LogP contribution in [0, 0.1) is 0 Å². The molecule has 2 heterocycles. The Morgan fingerprint density at radius 1 is 1.33 bits per heavy atom. The highest BCUT2D eigenvalue weighted by atomic mass is 16.5. The molecule has 1 aliphatic heterocycles. The average molecular weight is 243 g/mol. The second-order valence-corrected chi connectivity index (χ2v) is 4.48. The zero-order valence-corrected chi connectivity index (χ0v) is 9.80. The van der Waals surface area contributed by atoms with Crippen molar-refractivity contribution in [3.05, 3.63) is 41.7 Å². The van der Waals surface area contributed by atoms with Crippen LogP contribution < -0.4 is 0 Å². The number of hydrogen-bond acceptors (Lipinski definition) is 3. The third kappa shape index (κ3) is 1.95. The van der Waals surface area contributed by atoms with Gasteiger partial charge in [-0.05, 0) is 35.9 Å². The van der Waals surface area contributed by atoms with Crippen molar-refractivity contribution in [2.24, 2.45) is 0 Å². The predicted octanol–water partition coefficient (Wildman–Crippen LogP) is 2.78. The molecule has 3 rings (SSSR count). The number of carbonyl (C=O) groups is 1. The van der Waals surface area contributed by atoms with Crippen LogP contribution in [0.4, 0.5) is 0 Å². The van der Waals surface area contributed by atoms with Crippen molar-refractivity contribution in [2.75, 3.05) is 6.61 Å². The van der Waals surface area contributed by atoms with Crippen molar-refractivity contribution in [2.45, 2.75) is 18.9 Å². The summed E-state index contributed by atoms with van der Waals surface area (Å²) >= 11 is 0. The Balaban J connectivity index is 2.06. The summed E-state index contributed by atoms with van der Waals surface area (Å²) in [7, 11) is 0. The van der Waals surface area contributed by atoms with Crippen molar-refractivity contribution in [3.63, 3.8) is 0 Å². The van der Waals surface area contributed by atoms with Crippen molar-refractivity contribution in [3.8, 4) is 0 Å². The van der Waals surface area contributed by atoms with E-state index >= 15 is 0 Å². The topological polar surface area (TPSA) is 59.4 Å². The van der Waals surface area contributed by atoms with Gasteiger partial charge in [-0.1, -0.05) is 12.1 Å². The molecule has 0 amide bonds. The number of aromatic nitrogens is 1. The van der Waals surface area contributed by atoms with Crippen LogP contribution in [0.15, 0.2) is 30.5 Å². The summed E-state index contributed by atoms with van der Waals surface area (Å²) in [4.78, 5) is 14.8. The van der Waals surface area contributed by atoms with E-state index in [4.69, 9.17) is 9.84 Å². The van der Waals surface area contributed by atoms with Gasteiger partial charge < -0.3 is 9.84 Å². The van der Waals surface area contributed by atoms with Crippen LogP contribution in [-0.4, -0.2) is 22.7 Å². The minimum absolute atomic E-state index is 0.0759. The van der Waals surface area contributed by atoms with Crippen LogP contribution in [0.3, 0.4) is 0 Å². The van der Waals surface area contributed by atoms with Gasteiger partial charge in [0, 0.05) is 18.2 Å². The van der Waals surface area contributed by atoms with Crippen molar-refractivity contribution >= 4 is 16.7 Å². The molecule has 1 saturated heterocycles. The van der Waals surface area contributed by atoms with E-state index in [1.54, 1.807) is 12.3 Å². The zero-order valence-electron chi connectivity index (χ0n) is 9.80. The number of benzene rings is 1. The quantitative estimate of drug-likeness (QED) is 0.881. The second kappa shape index (κ2) is 4.38. The van der Waals surface area contributed by atoms with Crippen LogP contribution in [-0.2, 0) is 4.74 Å². The number of ether oxygens (including phenoxy) is 1. The summed E-state index contributed by atoms with van der Waals surface area (Å²) in [6, 6.07) is 7.60. The molecule has 0 spiro atoms. The Morgan fingerprint density at radius 2 is 2.22 bits per heavy atom. The molecule has 0 aliphatic carbocycles. The molecule has 4 nitrogen and oxygen atoms in total. The van der Waals surface area contributed by atoms with Gasteiger partial charge in [0.05, 0.1) is 6.10 Å². The number of hydrogen-bond donors (Lipinski definition) is 1. The Morgan fingerprint density at radius 3 is 2.94 bits per heavy atom. The lowest BCUT2D eigenvalue weighted by atomic mass is 10.0. The molecule has 1 fully saturated rings. The number of nitrogens with zero attached hydrogens (tertiary/aromatic N) is 1. The lowest BCUT2D eigenvalue weighted by Crippen LogP contribution is -2.00. The molecule has 1 unspecified atom stereocenters. The van der Waals surface area contributed by atoms with Gasteiger partial charge >= 0.3 is 5.97 Å². The van der Waals surface area contributed by atoms with Crippen LogP contribution in [0.25, 0.3) is 10.8 Å². The number of carboxylic acid groups (broad SMARTS) is 1. The van der Waals surface area contributed by atoms with E-state index in [9.17, 15) is 4.79 Å². The van der Waals surface area contributed by atoms with E-state index in [2.05, 4.69) is 4.98 Å². The number of carboxylic acids is 1. The number of rotatable bonds is 2. The van der Waals surface area contributed by atoms with Gasteiger partial charge in [0.25, 0.3) is 0 Å². The lowest BCUT2D eigenvalue weighted by molar-refractivity contribution is 0.0690. The molecular weight excluding hydrogens is 230 g/mol. The average Bonchev–Trinajstić information content (AvgIpc) is 2.91. The molecule has 4 heteroatoms. The van der Waals surface area contributed by atoms with E-state index < -0.39 is 5.97 Å². The minimum atomic E-state index is -1.00. The summed E-state index contributed by atoms with van der Waals surface area (Å²) in [5.74, 6) is -1.00. The fourth-order valence-corrected chi connectivity index (χ4v) is 2.32. The molecule has 1 aromatic heterocycles. The van der Waals surface area contributed by atoms with Crippen LogP contribution in [0.5, 0.6) is 0 Å².